The smallest absolute Gasteiger partial charge is 0.309 e. The van der Waals surface area contributed by atoms with Gasteiger partial charge in [0.2, 0.25) is 5.91 Å². The fourth-order valence-corrected chi connectivity index (χ4v) is 2.05. The first kappa shape index (κ1) is 14.8. The van der Waals surface area contributed by atoms with Crippen LogP contribution in [0.25, 0.3) is 0 Å². The molecule has 0 atom stereocenters. The SMILES string of the molecule is O=C(NCCCl)C(=O)NCCN1C(=O)CSC1=O. The Bertz CT molecular complexity index is 361. The summed E-state index contributed by atoms with van der Waals surface area (Å²) in [5, 5.41) is 4.27. The van der Waals surface area contributed by atoms with E-state index in [2.05, 4.69) is 10.6 Å². The summed E-state index contributed by atoms with van der Waals surface area (Å²) in [6, 6.07) is 0. The average Bonchev–Trinajstić information content (AvgIpc) is 2.67. The second-order valence-corrected chi connectivity index (χ2v) is 4.61. The van der Waals surface area contributed by atoms with Gasteiger partial charge in [-0.1, -0.05) is 11.8 Å². The zero-order chi connectivity index (χ0) is 13.5. The summed E-state index contributed by atoms with van der Waals surface area (Å²) in [7, 11) is 0. The van der Waals surface area contributed by atoms with Crippen LogP contribution in [0.4, 0.5) is 4.79 Å². The Morgan fingerprint density at radius 3 is 2.33 bits per heavy atom. The van der Waals surface area contributed by atoms with Crippen molar-refractivity contribution < 1.29 is 19.2 Å². The molecule has 0 spiro atoms. The highest BCUT2D eigenvalue weighted by Gasteiger charge is 2.29. The average molecular weight is 294 g/mol. The molecular formula is C9H12ClN3O4S. The number of carbonyl (C=O) groups is 4. The summed E-state index contributed by atoms with van der Waals surface area (Å²) in [6.45, 7) is 0.317. The lowest BCUT2D eigenvalue weighted by molar-refractivity contribution is -0.139. The quantitative estimate of drug-likeness (QED) is 0.509. The number of nitrogens with one attached hydrogen (secondary N) is 2. The number of amides is 4. The first-order valence-electron chi connectivity index (χ1n) is 5.15. The zero-order valence-electron chi connectivity index (χ0n) is 9.40. The first-order valence-corrected chi connectivity index (χ1v) is 6.67. The van der Waals surface area contributed by atoms with Crippen molar-refractivity contribution in [2.45, 2.75) is 0 Å². The van der Waals surface area contributed by atoms with E-state index < -0.39 is 11.8 Å². The van der Waals surface area contributed by atoms with Gasteiger partial charge in [-0.3, -0.25) is 24.1 Å². The highest BCUT2D eigenvalue weighted by Crippen LogP contribution is 2.17. The van der Waals surface area contributed by atoms with Crippen molar-refractivity contribution in [3.63, 3.8) is 0 Å². The lowest BCUT2D eigenvalue weighted by atomic mass is 10.4. The van der Waals surface area contributed by atoms with Crippen molar-refractivity contribution in [3.05, 3.63) is 0 Å². The van der Waals surface area contributed by atoms with Crippen molar-refractivity contribution in [3.8, 4) is 0 Å². The molecule has 1 fully saturated rings. The number of hydrogen-bond acceptors (Lipinski definition) is 5. The summed E-state index contributed by atoms with van der Waals surface area (Å²) >= 11 is 6.26. The van der Waals surface area contributed by atoms with Crippen LogP contribution in [-0.2, 0) is 14.4 Å². The van der Waals surface area contributed by atoms with Gasteiger partial charge in [0.15, 0.2) is 0 Å². The summed E-state index contributed by atoms with van der Waals surface area (Å²) in [4.78, 5) is 45.8. The second kappa shape index (κ2) is 7.22. The van der Waals surface area contributed by atoms with E-state index in [-0.39, 0.29) is 42.4 Å². The molecule has 0 aromatic rings. The van der Waals surface area contributed by atoms with Crippen LogP contribution in [0.3, 0.4) is 0 Å². The number of carbonyl (C=O) groups excluding carboxylic acids is 4. The Kier molecular flexibility index (Phi) is 5.93. The standard InChI is InChI=1S/C9H12ClN3O4S/c10-1-2-11-7(15)8(16)12-3-4-13-6(14)5-18-9(13)17/h1-5H2,(H,11,15)(H,12,16). The van der Waals surface area contributed by atoms with Gasteiger partial charge in [0.05, 0.1) is 5.75 Å². The number of imide groups is 1. The van der Waals surface area contributed by atoms with Crippen LogP contribution in [0.2, 0.25) is 0 Å². The van der Waals surface area contributed by atoms with Gasteiger partial charge in [-0.25, -0.2) is 0 Å². The van der Waals surface area contributed by atoms with Crippen LogP contribution in [-0.4, -0.2) is 59.1 Å². The second-order valence-electron chi connectivity index (χ2n) is 3.30. The van der Waals surface area contributed by atoms with Crippen LogP contribution in [0.5, 0.6) is 0 Å². The fourth-order valence-electron chi connectivity index (χ4n) is 1.20. The Hall–Kier alpha value is -1.28. The lowest BCUT2D eigenvalue weighted by Gasteiger charge is -2.12. The van der Waals surface area contributed by atoms with E-state index in [0.29, 0.717) is 0 Å². The number of nitrogens with zero attached hydrogens (tertiary/aromatic N) is 1. The maximum absolute atomic E-state index is 11.2. The third-order valence-corrected chi connectivity index (χ3v) is 3.10. The molecule has 7 nitrogen and oxygen atoms in total. The van der Waals surface area contributed by atoms with Gasteiger partial charge in [-0.2, -0.15) is 0 Å². The van der Waals surface area contributed by atoms with E-state index in [4.69, 9.17) is 11.6 Å². The van der Waals surface area contributed by atoms with Gasteiger partial charge in [0.1, 0.15) is 0 Å². The van der Waals surface area contributed by atoms with Gasteiger partial charge >= 0.3 is 11.8 Å². The molecule has 100 valence electrons. The minimum atomic E-state index is -0.813. The molecule has 0 aliphatic carbocycles. The van der Waals surface area contributed by atoms with Crippen LogP contribution in [0, 0.1) is 0 Å². The molecule has 1 heterocycles. The maximum Gasteiger partial charge on any atom is 0.309 e. The van der Waals surface area contributed by atoms with E-state index in [9.17, 15) is 19.2 Å². The van der Waals surface area contributed by atoms with Gasteiger partial charge in [-0.05, 0) is 0 Å². The zero-order valence-corrected chi connectivity index (χ0v) is 11.0. The van der Waals surface area contributed by atoms with Crippen molar-refractivity contribution >= 4 is 46.3 Å². The van der Waals surface area contributed by atoms with E-state index in [0.717, 1.165) is 16.7 Å². The van der Waals surface area contributed by atoms with Crippen molar-refractivity contribution in [2.75, 3.05) is 31.3 Å². The van der Waals surface area contributed by atoms with Gasteiger partial charge < -0.3 is 10.6 Å². The number of rotatable bonds is 5. The molecule has 9 heteroatoms. The fraction of sp³-hybridized carbons (Fsp3) is 0.556. The summed E-state index contributed by atoms with van der Waals surface area (Å²) in [6.07, 6.45) is 0. The van der Waals surface area contributed by atoms with E-state index in [1.54, 1.807) is 0 Å². The van der Waals surface area contributed by atoms with Crippen molar-refractivity contribution in [1.29, 1.82) is 0 Å². The number of thioether (sulfide) groups is 1. The van der Waals surface area contributed by atoms with Crippen molar-refractivity contribution in [1.82, 2.24) is 15.5 Å². The monoisotopic (exact) mass is 293 g/mol. The minimum absolute atomic E-state index is 0.0468. The van der Waals surface area contributed by atoms with Crippen LogP contribution in [0.1, 0.15) is 0 Å². The van der Waals surface area contributed by atoms with Gasteiger partial charge in [-0.15, -0.1) is 11.6 Å². The molecular weight excluding hydrogens is 282 g/mol. The molecule has 1 rings (SSSR count). The first-order chi connectivity index (χ1) is 8.56. The molecule has 0 saturated carbocycles. The Balaban J connectivity index is 2.25. The predicted molar refractivity (Wildman–Crippen MR) is 66.3 cm³/mol. The van der Waals surface area contributed by atoms with Gasteiger partial charge in [0.25, 0.3) is 5.24 Å². The lowest BCUT2D eigenvalue weighted by Crippen LogP contribution is -2.44. The summed E-state index contributed by atoms with van der Waals surface area (Å²) in [5.41, 5.74) is 0. The van der Waals surface area contributed by atoms with Crippen LogP contribution < -0.4 is 10.6 Å². The normalized spacial score (nSPS) is 14.8. The number of halogens is 1. The third kappa shape index (κ3) is 4.19. The predicted octanol–water partition coefficient (Wildman–Crippen LogP) is -0.847. The molecule has 1 aliphatic heterocycles. The number of alkyl halides is 1. The van der Waals surface area contributed by atoms with E-state index in [1.165, 1.54) is 0 Å². The van der Waals surface area contributed by atoms with Gasteiger partial charge in [0, 0.05) is 25.5 Å². The summed E-state index contributed by atoms with van der Waals surface area (Å²) < 4.78 is 0. The molecule has 2 N–H and O–H groups in total. The molecule has 0 bridgehead atoms. The summed E-state index contributed by atoms with van der Waals surface area (Å²) in [5.74, 6) is -1.54. The molecule has 0 aromatic carbocycles. The highest BCUT2D eigenvalue weighted by atomic mass is 35.5. The highest BCUT2D eigenvalue weighted by molar-refractivity contribution is 8.14. The van der Waals surface area contributed by atoms with E-state index in [1.807, 2.05) is 0 Å². The molecule has 0 aromatic heterocycles. The molecule has 4 amide bonds. The maximum atomic E-state index is 11.2. The Labute approximate surface area is 113 Å². The largest absolute Gasteiger partial charge is 0.347 e. The molecule has 1 saturated heterocycles. The molecule has 18 heavy (non-hydrogen) atoms. The molecule has 0 unspecified atom stereocenters. The van der Waals surface area contributed by atoms with Crippen LogP contribution in [0.15, 0.2) is 0 Å². The number of hydrogen-bond donors (Lipinski definition) is 2. The molecule has 1 aliphatic rings. The Morgan fingerprint density at radius 2 is 1.83 bits per heavy atom. The third-order valence-electron chi connectivity index (χ3n) is 2.05. The Morgan fingerprint density at radius 1 is 1.22 bits per heavy atom. The van der Waals surface area contributed by atoms with Crippen LogP contribution >= 0.6 is 23.4 Å². The van der Waals surface area contributed by atoms with Crippen molar-refractivity contribution in [2.24, 2.45) is 0 Å². The molecule has 0 radical (unpaired) electrons. The topological polar surface area (TPSA) is 95.6 Å². The minimum Gasteiger partial charge on any atom is -0.347 e. The van der Waals surface area contributed by atoms with E-state index >= 15 is 0 Å².